The van der Waals surface area contributed by atoms with E-state index >= 15 is 0 Å². The van der Waals surface area contributed by atoms with Gasteiger partial charge in [-0.25, -0.2) is 0 Å². The van der Waals surface area contributed by atoms with Gasteiger partial charge in [0, 0.05) is 24.0 Å². The maximum absolute atomic E-state index is 12.0. The van der Waals surface area contributed by atoms with Crippen molar-refractivity contribution in [1.82, 2.24) is 4.90 Å². The van der Waals surface area contributed by atoms with Crippen LogP contribution < -0.4 is 0 Å². The summed E-state index contributed by atoms with van der Waals surface area (Å²) < 4.78 is 41.5. The van der Waals surface area contributed by atoms with E-state index in [4.69, 9.17) is 0 Å². The number of hydrogen-bond donors (Lipinski definition) is 0. The molecule has 1 aromatic rings. The van der Waals surface area contributed by atoms with E-state index in [1.54, 1.807) is 0 Å². The molecule has 116 valence electrons. The molecule has 1 heterocycles. The fraction of sp³-hybridized carbons (Fsp3) is 0.500. The third-order valence-corrected chi connectivity index (χ3v) is 4.02. The molecular weight excluding hydrogens is 351 g/mol. The van der Waals surface area contributed by atoms with Crippen molar-refractivity contribution in [3.63, 3.8) is 0 Å². The second-order valence-corrected chi connectivity index (χ2v) is 5.79. The molecule has 1 aliphatic heterocycles. The molecule has 3 nitrogen and oxygen atoms in total. The molecule has 0 aliphatic carbocycles. The Kier molecular flexibility index (Phi) is 5.27. The predicted molar refractivity (Wildman–Crippen MR) is 74.8 cm³/mol. The van der Waals surface area contributed by atoms with E-state index in [1.807, 2.05) is 24.3 Å². The number of alkyl halides is 3. The Morgan fingerprint density at radius 2 is 2.00 bits per heavy atom. The molecule has 21 heavy (non-hydrogen) atoms. The summed E-state index contributed by atoms with van der Waals surface area (Å²) in [6, 6.07) is 7.63. The lowest BCUT2D eigenvalue weighted by atomic mass is 10.1. The van der Waals surface area contributed by atoms with Gasteiger partial charge in [0.2, 0.25) is 5.91 Å². The summed E-state index contributed by atoms with van der Waals surface area (Å²) in [6.07, 6.45) is -3.87. The molecule has 0 unspecified atom stereocenters. The number of likely N-dealkylation sites (tertiary alicyclic amines) is 1. The highest BCUT2D eigenvalue weighted by Crippen LogP contribution is 2.21. The summed E-state index contributed by atoms with van der Waals surface area (Å²) in [6.45, 7) is -0.771. The summed E-state index contributed by atoms with van der Waals surface area (Å²) in [5.74, 6) is -0.0578. The Morgan fingerprint density at radius 3 is 2.62 bits per heavy atom. The predicted octanol–water partition coefficient (Wildman–Crippen LogP) is 3.17. The highest BCUT2D eigenvalue weighted by atomic mass is 79.9. The number of nitrogens with zero attached hydrogens (tertiary/aromatic N) is 1. The number of halogens is 4. The lowest BCUT2D eigenvalue weighted by molar-refractivity contribution is -0.200. The van der Waals surface area contributed by atoms with Crippen LogP contribution in [0.15, 0.2) is 28.7 Å². The smallest absolute Gasteiger partial charge is 0.365 e. The minimum atomic E-state index is -4.32. The van der Waals surface area contributed by atoms with Crippen LogP contribution in [0.5, 0.6) is 0 Å². The molecule has 2 rings (SSSR count). The maximum atomic E-state index is 12.0. The lowest BCUT2D eigenvalue weighted by Crippen LogP contribution is -2.55. The van der Waals surface area contributed by atoms with Gasteiger partial charge in [-0.05, 0) is 18.1 Å². The second-order valence-electron chi connectivity index (χ2n) is 4.94. The van der Waals surface area contributed by atoms with Crippen LogP contribution in [0, 0.1) is 0 Å². The van der Waals surface area contributed by atoms with Crippen LogP contribution in [-0.2, 0) is 16.0 Å². The van der Waals surface area contributed by atoms with Gasteiger partial charge in [-0.2, -0.15) is 13.2 Å². The molecular formula is C14H15BrF3NO2. The Hall–Kier alpha value is -1.08. The van der Waals surface area contributed by atoms with Crippen LogP contribution in [-0.4, -0.2) is 42.8 Å². The average molecular weight is 366 g/mol. The lowest BCUT2D eigenvalue weighted by Gasteiger charge is -2.39. The molecule has 0 saturated carbocycles. The number of aryl methyl sites for hydroxylation is 1. The Bertz CT molecular complexity index is 501. The molecule has 0 spiro atoms. The zero-order valence-electron chi connectivity index (χ0n) is 11.2. The van der Waals surface area contributed by atoms with E-state index in [2.05, 4.69) is 20.7 Å². The van der Waals surface area contributed by atoms with Gasteiger partial charge in [0.25, 0.3) is 0 Å². The first-order valence-corrected chi connectivity index (χ1v) is 7.34. The zero-order valence-corrected chi connectivity index (χ0v) is 12.8. The molecule has 0 radical (unpaired) electrons. The van der Waals surface area contributed by atoms with Crippen LogP contribution in [0.1, 0.15) is 12.0 Å². The summed E-state index contributed by atoms with van der Waals surface area (Å²) in [5, 5.41) is 0. The van der Waals surface area contributed by atoms with Crippen LogP contribution in [0.4, 0.5) is 13.2 Å². The summed E-state index contributed by atoms with van der Waals surface area (Å²) >= 11 is 3.41. The number of hydrogen-bond acceptors (Lipinski definition) is 2. The zero-order chi connectivity index (χ0) is 15.5. The van der Waals surface area contributed by atoms with E-state index in [1.165, 1.54) is 4.90 Å². The highest BCUT2D eigenvalue weighted by Gasteiger charge is 2.35. The number of rotatable bonds is 5. The van der Waals surface area contributed by atoms with E-state index in [9.17, 15) is 18.0 Å². The Morgan fingerprint density at radius 1 is 1.33 bits per heavy atom. The van der Waals surface area contributed by atoms with Gasteiger partial charge in [0.1, 0.15) is 6.61 Å². The fourth-order valence-corrected chi connectivity index (χ4v) is 2.54. The summed E-state index contributed by atoms with van der Waals surface area (Å²) in [4.78, 5) is 13.4. The first kappa shape index (κ1) is 16.3. The Labute approximate surface area is 129 Å². The van der Waals surface area contributed by atoms with Crippen molar-refractivity contribution in [3.8, 4) is 0 Å². The van der Waals surface area contributed by atoms with Gasteiger partial charge in [0.15, 0.2) is 0 Å². The topological polar surface area (TPSA) is 29.5 Å². The summed E-state index contributed by atoms with van der Waals surface area (Å²) in [5.41, 5.74) is 1.04. The molecule has 1 fully saturated rings. The quantitative estimate of drug-likeness (QED) is 0.801. The van der Waals surface area contributed by atoms with E-state index in [0.717, 1.165) is 10.0 Å². The third-order valence-electron chi connectivity index (χ3n) is 3.25. The van der Waals surface area contributed by atoms with Gasteiger partial charge in [-0.3, -0.25) is 4.79 Å². The standard InChI is InChI=1S/C14H15BrF3NO2/c15-12-4-2-1-3-10(12)5-6-13(20)19-7-11(8-19)21-9-14(16,17)18/h1-4,11H,5-9H2. The van der Waals surface area contributed by atoms with E-state index in [0.29, 0.717) is 12.8 Å². The molecule has 0 bridgehead atoms. The van der Waals surface area contributed by atoms with Gasteiger partial charge in [0.05, 0.1) is 6.10 Å². The highest BCUT2D eigenvalue weighted by molar-refractivity contribution is 9.10. The first-order valence-electron chi connectivity index (χ1n) is 6.54. The molecule has 1 aromatic carbocycles. The minimum absolute atomic E-state index is 0.0578. The fourth-order valence-electron chi connectivity index (χ4n) is 2.06. The number of benzene rings is 1. The first-order chi connectivity index (χ1) is 9.85. The van der Waals surface area contributed by atoms with E-state index < -0.39 is 18.9 Å². The number of ether oxygens (including phenoxy) is 1. The molecule has 0 aromatic heterocycles. The number of carbonyl (C=O) groups is 1. The van der Waals surface area contributed by atoms with Crippen molar-refractivity contribution in [3.05, 3.63) is 34.3 Å². The maximum Gasteiger partial charge on any atom is 0.411 e. The molecule has 0 atom stereocenters. The number of carbonyl (C=O) groups excluding carboxylic acids is 1. The Balaban J connectivity index is 1.69. The third kappa shape index (κ3) is 5.00. The summed E-state index contributed by atoms with van der Waals surface area (Å²) in [7, 11) is 0. The van der Waals surface area contributed by atoms with Crippen molar-refractivity contribution in [2.45, 2.75) is 25.1 Å². The monoisotopic (exact) mass is 365 g/mol. The molecule has 7 heteroatoms. The minimum Gasteiger partial charge on any atom is -0.365 e. The molecule has 0 N–H and O–H groups in total. The van der Waals surface area contributed by atoms with E-state index in [-0.39, 0.29) is 19.0 Å². The van der Waals surface area contributed by atoms with Crippen molar-refractivity contribution < 1.29 is 22.7 Å². The van der Waals surface area contributed by atoms with Gasteiger partial charge in [-0.15, -0.1) is 0 Å². The van der Waals surface area contributed by atoms with Gasteiger partial charge < -0.3 is 9.64 Å². The molecule has 1 amide bonds. The van der Waals surface area contributed by atoms with Crippen molar-refractivity contribution in [2.24, 2.45) is 0 Å². The second kappa shape index (κ2) is 6.79. The van der Waals surface area contributed by atoms with Crippen LogP contribution >= 0.6 is 15.9 Å². The van der Waals surface area contributed by atoms with Crippen LogP contribution in [0.3, 0.4) is 0 Å². The van der Waals surface area contributed by atoms with Gasteiger partial charge >= 0.3 is 6.18 Å². The largest absolute Gasteiger partial charge is 0.411 e. The van der Waals surface area contributed by atoms with Crippen LogP contribution in [0.2, 0.25) is 0 Å². The van der Waals surface area contributed by atoms with Crippen molar-refractivity contribution in [2.75, 3.05) is 19.7 Å². The number of amides is 1. The normalized spacial score (nSPS) is 15.9. The molecule has 1 saturated heterocycles. The SMILES string of the molecule is O=C(CCc1ccccc1Br)N1CC(OCC(F)(F)F)C1. The van der Waals surface area contributed by atoms with Crippen molar-refractivity contribution in [1.29, 1.82) is 0 Å². The average Bonchev–Trinajstić information content (AvgIpc) is 2.34. The van der Waals surface area contributed by atoms with Crippen molar-refractivity contribution >= 4 is 21.8 Å². The van der Waals surface area contributed by atoms with Gasteiger partial charge in [-0.1, -0.05) is 34.1 Å². The van der Waals surface area contributed by atoms with Crippen LogP contribution in [0.25, 0.3) is 0 Å². The molecule has 1 aliphatic rings.